The lowest BCUT2D eigenvalue weighted by atomic mass is 10.3. The van der Waals surface area contributed by atoms with Gasteiger partial charge in [-0.15, -0.1) is 0 Å². The summed E-state index contributed by atoms with van der Waals surface area (Å²) in [6.07, 6.45) is 0.385. The lowest BCUT2D eigenvalue weighted by Crippen LogP contribution is -2.27. The van der Waals surface area contributed by atoms with E-state index in [9.17, 15) is 9.90 Å². The molecule has 1 saturated heterocycles. The molecule has 3 N–H and O–H groups in total. The average molecular weight is 192 g/mol. The van der Waals surface area contributed by atoms with Gasteiger partial charge >= 0.3 is 0 Å². The summed E-state index contributed by atoms with van der Waals surface area (Å²) in [5.41, 5.74) is 6.38. The highest BCUT2D eigenvalue weighted by molar-refractivity contribution is 5.96. The van der Waals surface area contributed by atoms with Gasteiger partial charge in [-0.1, -0.05) is 6.07 Å². The van der Waals surface area contributed by atoms with Gasteiger partial charge in [-0.3, -0.25) is 4.79 Å². The Kier molecular flexibility index (Phi) is 2.13. The van der Waals surface area contributed by atoms with Crippen LogP contribution in [0, 0.1) is 0 Å². The maximum atomic E-state index is 11.5. The number of carbonyl (C=O) groups excluding carboxylic acids is 1. The molecule has 0 saturated carbocycles. The Balaban J connectivity index is 2.27. The molecule has 0 bridgehead atoms. The van der Waals surface area contributed by atoms with Crippen LogP contribution in [0.2, 0.25) is 0 Å². The van der Waals surface area contributed by atoms with Crippen LogP contribution < -0.4 is 10.6 Å². The van der Waals surface area contributed by atoms with Crippen molar-refractivity contribution in [3.05, 3.63) is 24.3 Å². The zero-order valence-corrected chi connectivity index (χ0v) is 7.68. The Morgan fingerprint density at radius 3 is 2.86 bits per heavy atom. The number of anilines is 1. The second kappa shape index (κ2) is 3.31. The van der Waals surface area contributed by atoms with Crippen LogP contribution in [-0.2, 0) is 4.79 Å². The fraction of sp³-hybridized carbons (Fsp3) is 0.300. The molecule has 1 aromatic rings. The van der Waals surface area contributed by atoms with E-state index in [0.717, 1.165) is 0 Å². The Hall–Kier alpha value is -1.55. The number of rotatable bonds is 1. The third kappa shape index (κ3) is 1.56. The lowest BCUT2D eigenvalue weighted by molar-refractivity contribution is -0.117. The number of nitrogens with zero attached hydrogens (tertiary/aromatic N) is 1. The van der Waals surface area contributed by atoms with Gasteiger partial charge in [-0.25, -0.2) is 0 Å². The molecule has 1 aliphatic heterocycles. The Labute approximate surface area is 81.9 Å². The fourth-order valence-corrected chi connectivity index (χ4v) is 1.65. The van der Waals surface area contributed by atoms with E-state index in [2.05, 4.69) is 0 Å². The molecule has 4 nitrogen and oxygen atoms in total. The molecule has 0 radical (unpaired) electrons. The van der Waals surface area contributed by atoms with Crippen molar-refractivity contribution >= 4 is 11.6 Å². The summed E-state index contributed by atoms with van der Waals surface area (Å²) >= 11 is 0. The molecule has 0 spiro atoms. The van der Waals surface area contributed by atoms with Crippen molar-refractivity contribution in [3.63, 3.8) is 0 Å². The van der Waals surface area contributed by atoms with Crippen LogP contribution in [0.25, 0.3) is 0 Å². The van der Waals surface area contributed by atoms with Crippen molar-refractivity contribution in [3.8, 4) is 5.75 Å². The molecule has 2 rings (SSSR count). The van der Waals surface area contributed by atoms with Gasteiger partial charge in [-0.05, 0) is 12.1 Å². The van der Waals surface area contributed by atoms with E-state index < -0.39 is 0 Å². The van der Waals surface area contributed by atoms with Crippen LogP contribution in [0.1, 0.15) is 6.42 Å². The van der Waals surface area contributed by atoms with E-state index in [-0.39, 0.29) is 17.7 Å². The third-order valence-corrected chi connectivity index (χ3v) is 2.30. The zero-order valence-electron chi connectivity index (χ0n) is 7.68. The number of nitrogens with two attached hydrogens (primary N) is 1. The van der Waals surface area contributed by atoms with Crippen LogP contribution in [0.5, 0.6) is 5.75 Å². The normalized spacial score (nSPS) is 21.6. The van der Waals surface area contributed by atoms with Crippen LogP contribution >= 0.6 is 0 Å². The van der Waals surface area contributed by atoms with Gasteiger partial charge in [0.05, 0.1) is 0 Å². The third-order valence-electron chi connectivity index (χ3n) is 2.30. The van der Waals surface area contributed by atoms with Crippen molar-refractivity contribution in [2.75, 3.05) is 11.4 Å². The summed E-state index contributed by atoms with van der Waals surface area (Å²) in [4.78, 5) is 13.1. The van der Waals surface area contributed by atoms with E-state index in [1.54, 1.807) is 29.2 Å². The van der Waals surface area contributed by atoms with E-state index in [0.29, 0.717) is 18.7 Å². The van der Waals surface area contributed by atoms with E-state index in [1.807, 2.05) is 0 Å². The highest BCUT2D eigenvalue weighted by Crippen LogP contribution is 2.23. The monoisotopic (exact) mass is 192 g/mol. The van der Waals surface area contributed by atoms with Crippen molar-refractivity contribution in [2.45, 2.75) is 12.5 Å². The first-order valence-electron chi connectivity index (χ1n) is 4.52. The molecular weight excluding hydrogens is 180 g/mol. The summed E-state index contributed by atoms with van der Waals surface area (Å²) in [6, 6.07) is 6.54. The summed E-state index contributed by atoms with van der Waals surface area (Å²) < 4.78 is 0. The molecular formula is C10H12N2O2. The van der Waals surface area contributed by atoms with E-state index in [4.69, 9.17) is 5.73 Å². The van der Waals surface area contributed by atoms with Crippen molar-refractivity contribution < 1.29 is 9.90 Å². The zero-order chi connectivity index (χ0) is 10.1. The molecule has 1 aliphatic rings. The summed E-state index contributed by atoms with van der Waals surface area (Å²) in [6.45, 7) is 0.530. The minimum Gasteiger partial charge on any atom is -0.508 e. The van der Waals surface area contributed by atoms with Crippen LogP contribution in [0.3, 0.4) is 0 Å². The van der Waals surface area contributed by atoms with Gasteiger partial charge in [0.1, 0.15) is 5.75 Å². The smallest absolute Gasteiger partial charge is 0.228 e. The number of carbonyl (C=O) groups is 1. The lowest BCUT2D eigenvalue weighted by Gasteiger charge is -2.15. The number of hydrogen-bond acceptors (Lipinski definition) is 3. The van der Waals surface area contributed by atoms with Gasteiger partial charge in [-0.2, -0.15) is 0 Å². The first-order valence-corrected chi connectivity index (χ1v) is 4.52. The maximum absolute atomic E-state index is 11.5. The molecule has 14 heavy (non-hydrogen) atoms. The molecule has 1 unspecified atom stereocenters. The predicted octanol–water partition coefficient (Wildman–Crippen LogP) is 0.456. The van der Waals surface area contributed by atoms with E-state index in [1.165, 1.54) is 0 Å². The molecule has 1 amide bonds. The van der Waals surface area contributed by atoms with E-state index >= 15 is 0 Å². The highest BCUT2D eigenvalue weighted by atomic mass is 16.3. The number of amides is 1. The SMILES string of the molecule is NC1CC(=O)N(c2cccc(O)c2)C1. The summed E-state index contributed by atoms with van der Waals surface area (Å²) in [7, 11) is 0. The first-order chi connectivity index (χ1) is 6.66. The van der Waals surface area contributed by atoms with Gasteiger partial charge in [0.15, 0.2) is 0 Å². The number of aromatic hydroxyl groups is 1. The van der Waals surface area contributed by atoms with Crippen molar-refractivity contribution in [1.29, 1.82) is 0 Å². The number of phenols is 1. The van der Waals surface area contributed by atoms with Crippen LogP contribution in [0.4, 0.5) is 5.69 Å². The quantitative estimate of drug-likeness (QED) is 0.679. The molecule has 74 valence electrons. The van der Waals surface area contributed by atoms with Gasteiger partial charge in [0.25, 0.3) is 0 Å². The Morgan fingerprint density at radius 2 is 2.29 bits per heavy atom. The molecule has 4 heteroatoms. The van der Waals surface area contributed by atoms with Gasteiger partial charge in [0.2, 0.25) is 5.91 Å². The minimum atomic E-state index is -0.0927. The second-order valence-corrected chi connectivity index (χ2v) is 3.49. The highest BCUT2D eigenvalue weighted by Gasteiger charge is 2.27. The Bertz CT molecular complexity index is 365. The number of phenolic OH excluding ortho intramolecular Hbond substituents is 1. The van der Waals surface area contributed by atoms with Crippen LogP contribution in [0.15, 0.2) is 24.3 Å². The van der Waals surface area contributed by atoms with Crippen molar-refractivity contribution in [1.82, 2.24) is 0 Å². The second-order valence-electron chi connectivity index (χ2n) is 3.49. The standard InChI is InChI=1S/C10H12N2O2/c11-7-4-10(14)12(6-7)8-2-1-3-9(13)5-8/h1-3,5,7,13H,4,6,11H2. The molecule has 1 atom stereocenters. The van der Waals surface area contributed by atoms with Gasteiger partial charge in [0, 0.05) is 30.8 Å². The fourth-order valence-electron chi connectivity index (χ4n) is 1.65. The number of benzene rings is 1. The summed E-state index contributed by atoms with van der Waals surface area (Å²) in [5.74, 6) is 0.180. The first kappa shape index (κ1) is 9.02. The van der Waals surface area contributed by atoms with Gasteiger partial charge < -0.3 is 15.7 Å². The predicted molar refractivity (Wildman–Crippen MR) is 53.1 cm³/mol. The maximum Gasteiger partial charge on any atom is 0.228 e. The molecule has 1 aromatic carbocycles. The molecule has 0 aliphatic carbocycles. The molecule has 1 heterocycles. The molecule has 0 aromatic heterocycles. The van der Waals surface area contributed by atoms with Crippen molar-refractivity contribution in [2.24, 2.45) is 5.73 Å². The molecule has 1 fully saturated rings. The largest absolute Gasteiger partial charge is 0.508 e. The number of hydrogen-bond donors (Lipinski definition) is 2. The topological polar surface area (TPSA) is 66.6 Å². The van der Waals surface area contributed by atoms with Crippen LogP contribution in [-0.4, -0.2) is 23.6 Å². The minimum absolute atomic E-state index is 0.0168. The average Bonchev–Trinajstić information content (AvgIpc) is 2.45. The Morgan fingerprint density at radius 1 is 1.50 bits per heavy atom. The summed E-state index contributed by atoms with van der Waals surface area (Å²) in [5, 5.41) is 9.26.